The highest BCUT2D eigenvalue weighted by atomic mass is 35.5. The average Bonchev–Trinajstić information content (AvgIpc) is 3.07. The monoisotopic (exact) mass is 449 g/mol. The van der Waals surface area contributed by atoms with Crippen molar-refractivity contribution in [2.75, 3.05) is 5.32 Å². The summed E-state index contributed by atoms with van der Waals surface area (Å²) in [5.74, 6) is -0.699. The smallest absolute Gasteiger partial charge is 0.254 e. The molecule has 1 amide bonds. The van der Waals surface area contributed by atoms with Crippen LogP contribution in [0, 0.1) is 11.2 Å². The van der Waals surface area contributed by atoms with Gasteiger partial charge in [0.15, 0.2) is 0 Å². The lowest BCUT2D eigenvalue weighted by atomic mass is 9.75. The first-order chi connectivity index (χ1) is 14.2. The number of nitrogens with zero attached hydrogens (tertiary/aromatic N) is 2. The maximum Gasteiger partial charge on any atom is 0.254 e. The molecular weight excluding hydrogens is 428 g/mol. The molecule has 1 saturated carbocycles. The van der Waals surface area contributed by atoms with Gasteiger partial charge in [0, 0.05) is 24.5 Å². The summed E-state index contributed by atoms with van der Waals surface area (Å²) in [6.45, 7) is 4.46. The van der Waals surface area contributed by atoms with Crippen LogP contribution in [-0.4, -0.2) is 26.9 Å². The molecule has 4 rings (SSSR count). The molecule has 0 radical (unpaired) electrons. The number of hydrogen-bond acceptors (Lipinski definition) is 4. The number of pyridine rings is 1. The first-order valence-electron chi connectivity index (χ1n) is 9.78. The maximum atomic E-state index is 14.6. The van der Waals surface area contributed by atoms with Crippen LogP contribution in [0.15, 0.2) is 24.5 Å². The summed E-state index contributed by atoms with van der Waals surface area (Å²) >= 11 is 12.2. The van der Waals surface area contributed by atoms with Crippen LogP contribution in [0.4, 0.5) is 16.0 Å². The highest BCUT2D eigenvalue weighted by Gasteiger charge is 2.28. The van der Waals surface area contributed by atoms with Crippen molar-refractivity contribution in [2.45, 2.75) is 45.6 Å². The normalized spacial score (nSPS) is 16.6. The first-order valence-corrected chi connectivity index (χ1v) is 10.5. The standard InChI is InChI=1S/C21H22Cl2FN5O/c1-21(2)5-3-11(4-6-21)26-19(30)12-7-16-17(8-15(12)24)28-20(27-16)29-18-13(22)9-25-10-14(18)23/h7-11H,3-6H2,1-2H3,(H,26,30)(H2,25,27,28,29). The number of carbonyl (C=O) groups excluding carboxylic acids is 1. The summed E-state index contributed by atoms with van der Waals surface area (Å²) in [6, 6.07) is 2.78. The zero-order valence-corrected chi connectivity index (χ0v) is 18.2. The van der Waals surface area contributed by atoms with E-state index >= 15 is 0 Å². The quantitative estimate of drug-likeness (QED) is 0.466. The predicted molar refractivity (Wildman–Crippen MR) is 117 cm³/mol. The van der Waals surface area contributed by atoms with Crippen molar-refractivity contribution in [2.24, 2.45) is 5.41 Å². The largest absolute Gasteiger partial charge is 0.349 e. The summed E-state index contributed by atoms with van der Waals surface area (Å²) < 4.78 is 14.6. The van der Waals surface area contributed by atoms with Crippen molar-refractivity contribution in [1.82, 2.24) is 20.3 Å². The molecule has 30 heavy (non-hydrogen) atoms. The Morgan fingerprint density at radius 2 is 1.87 bits per heavy atom. The molecule has 1 aliphatic rings. The fraction of sp³-hybridized carbons (Fsp3) is 0.381. The second-order valence-corrected chi connectivity index (χ2v) is 9.26. The number of imidazole rings is 1. The van der Waals surface area contributed by atoms with Crippen molar-refractivity contribution < 1.29 is 9.18 Å². The lowest BCUT2D eigenvalue weighted by molar-refractivity contribution is 0.0905. The molecule has 158 valence electrons. The van der Waals surface area contributed by atoms with E-state index in [9.17, 15) is 9.18 Å². The molecule has 3 N–H and O–H groups in total. The number of benzene rings is 1. The Labute approximate surface area is 183 Å². The number of halogens is 3. The SMILES string of the molecule is CC1(C)CCC(NC(=O)c2cc3nc(Nc4c(Cl)cncc4Cl)[nH]c3cc2F)CC1. The molecule has 0 spiro atoms. The van der Waals surface area contributed by atoms with Crippen LogP contribution >= 0.6 is 23.2 Å². The van der Waals surface area contributed by atoms with Gasteiger partial charge in [0.1, 0.15) is 5.82 Å². The van der Waals surface area contributed by atoms with E-state index in [1.54, 1.807) is 0 Å². The molecule has 9 heteroatoms. The number of hydrogen-bond donors (Lipinski definition) is 3. The third-order valence-electron chi connectivity index (χ3n) is 5.59. The number of carbonyl (C=O) groups is 1. The highest BCUT2D eigenvalue weighted by Crippen LogP contribution is 2.35. The predicted octanol–water partition coefficient (Wildman–Crippen LogP) is 5.85. The van der Waals surface area contributed by atoms with Crippen molar-refractivity contribution >= 4 is 51.8 Å². The molecule has 0 atom stereocenters. The van der Waals surface area contributed by atoms with E-state index in [2.05, 4.69) is 39.4 Å². The van der Waals surface area contributed by atoms with E-state index in [1.807, 2.05) is 0 Å². The lowest BCUT2D eigenvalue weighted by Gasteiger charge is -2.34. The number of amides is 1. The molecule has 3 aromatic rings. The summed E-state index contributed by atoms with van der Waals surface area (Å²) in [6.07, 6.45) is 6.76. The number of aromatic nitrogens is 3. The number of fused-ring (bicyclic) bond motifs is 1. The van der Waals surface area contributed by atoms with Gasteiger partial charge >= 0.3 is 0 Å². The van der Waals surface area contributed by atoms with Gasteiger partial charge in [0.05, 0.1) is 32.3 Å². The van der Waals surface area contributed by atoms with Gasteiger partial charge in [0.2, 0.25) is 5.95 Å². The topological polar surface area (TPSA) is 82.7 Å². The fourth-order valence-corrected chi connectivity index (χ4v) is 4.18. The van der Waals surface area contributed by atoms with E-state index in [0.717, 1.165) is 25.7 Å². The molecule has 1 aromatic carbocycles. The van der Waals surface area contributed by atoms with Gasteiger partial charge in [-0.1, -0.05) is 37.0 Å². The third-order valence-corrected chi connectivity index (χ3v) is 6.16. The number of H-pyrrole nitrogens is 1. The number of rotatable bonds is 4. The highest BCUT2D eigenvalue weighted by molar-refractivity contribution is 6.39. The lowest BCUT2D eigenvalue weighted by Crippen LogP contribution is -2.39. The molecule has 2 aromatic heterocycles. The molecule has 0 bridgehead atoms. The number of nitrogens with one attached hydrogen (secondary N) is 3. The van der Waals surface area contributed by atoms with Gasteiger partial charge in [-0.3, -0.25) is 9.78 Å². The van der Waals surface area contributed by atoms with Crippen LogP contribution in [0.3, 0.4) is 0 Å². The van der Waals surface area contributed by atoms with Crippen molar-refractivity contribution in [3.63, 3.8) is 0 Å². The zero-order valence-electron chi connectivity index (χ0n) is 16.7. The van der Waals surface area contributed by atoms with Crippen LogP contribution in [0.1, 0.15) is 49.9 Å². The van der Waals surface area contributed by atoms with Gasteiger partial charge in [-0.15, -0.1) is 0 Å². The van der Waals surface area contributed by atoms with Crippen molar-refractivity contribution in [3.05, 3.63) is 46.0 Å². The Bertz CT molecular complexity index is 1080. The Morgan fingerprint density at radius 1 is 1.20 bits per heavy atom. The van der Waals surface area contributed by atoms with Crippen molar-refractivity contribution in [3.8, 4) is 0 Å². The van der Waals surface area contributed by atoms with Gasteiger partial charge < -0.3 is 15.6 Å². The van der Waals surface area contributed by atoms with Crippen LogP contribution in [0.5, 0.6) is 0 Å². The second-order valence-electron chi connectivity index (χ2n) is 8.45. The van der Waals surface area contributed by atoms with Crippen LogP contribution < -0.4 is 10.6 Å². The van der Waals surface area contributed by atoms with Gasteiger partial charge in [-0.2, -0.15) is 0 Å². The Balaban J connectivity index is 1.54. The Hall–Kier alpha value is -2.38. The minimum Gasteiger partial charge on any atom is -0.349 e. The zero-order chi connectivity index (χ0) is 21.5. The maximum absolute atomic E-state index is 14.6. The number of aromatic amines is 1. The molecular formula is C21H22Cl2FN5O. The van der Waals surface area contributed by atoms with E-state index < -0.39 is 11.7 Å². The second kappa shape index (κ2) is 8.04. The summed E-state index contributed by atoms with van der Waals surface area (Å²) in [5.41, 5.74) is 1.61. The molecule has 1 fully saturated rings. The molecule has 2 heterocycles. The molecule has 6 nitrogen and oxygen atoms in total. The number of anilines is 2. The Morgan fingerprint density at radius 3 is 2.53 bits per heavy atom. The van der Waals surface area contributed by atoms with Crippen LogP contribution in [0.25, 0.3) is 11.0 Å². The van der Waals surface area contributed by atoms with Crippen LogP contribution in [-0.2, 0) is 0 Å². The van der Waals surface area contributed by atoms with E-state index in [-0.39, 0.29) is 11.6 Å². The van der Waals surface area contributed by atoms with Gasteiger partial charge in [0.25, 0.3) is 5.91 Å². The fourth-order valence-electron chi connectivity index (χ4n) is 3.72. The van der Waals surface area contributed by atoms with Crippen LogP contribution in [0.2, 0.25) is 10.0 Å². The first kappa shape index (κ1) is 20.9. The molecule has 1 aliphatic carbocycles. The molecule has 0 unspecified atom stereocenters. The minimum absolute atomic E-state index is 0.0228. The summed E-state index contributed by atoms with van der Waals surface area (Å²) in [4.78, 5) is 23.9. The van der Waals surface area contributed by atoms with Gasteiger partial charge in [-0.25, -0.2) is 9.37 Å². The van der Waals surface area contributed by atoms with E-state index in [0.29, 0.717) is 38.1 Å². The summed E-state index contributed by atoms with van der Waals surface area (Å²) in [5, 5.41) is 6.59. The summed E-state index contributed by atoms with van der Waals surface area (Å²) in [7, 11) is 0. The van der Waals surface area contributed by atoms with E-state index in [4.69, 9.17) is 23.2 Å². The third kappa shape index (κ3) is 4.37. The minimum atomic E-state index is -0.605. The molecule has 0 saturated heterocycles. The van der Waals surface area contributed by atoms with E-state index in [1.165, 1.54) is 24.5 Å². The Kier molecular flexibility index (Phi) is 5.59. The van der Waals surface area contributed by atoms with Crippen molar-refractivity contribution in [1.29, 1.82) is 0 Å². The average molecular weight is 450 g/mol. The molecule has 0 aliphatic heterocycles. The van der Waals surface area contributed by atoms with Gasteiger partial charge in [-0.05, 0) is 37.2 Å².